The molecule has 0 saturated carbocycles. The van der Waals surface area contributed by atoms with Crippen LogP contribution in [-0.4, -0.2) is 38.4 Å². The lowest BCUT2D eigenvalue weighted by Crippen LogP contribution is -2.53. The van der Waals surface area contributed by atoms with Crippen LogP contribution in [0.3, 0.4) is 0 Å². The number of hydrogen-bond donors (Lipinski definition) is 1. The van der Waals surface area contributed by atoms with E-state index in [0.717, 1.165) is 13.2 Å². The molecule has 88 valence electrons. The van der Waals surface area contributed by atoms with E-state index in [1.165, 1.54) is 0 Å². The number of carbonyl (C=O) groups is 1. The third-order valence-electron chi connectivity index (χ3n) is 3.18. The van der Waals surface area contributed by atoms with Crippen molar-refractivity contribution in [3.05, 3.63) is 0 Å². The molecule has 1 aliphatic rings. The van der Waals surface area contributed by atoms with Crippen LogP contribution in [0.1, 0.15) is 27.2 Å². The zero-order valence-corrected chi connectivity index (χ0v) is 10.1. The van der Waals surface area contributed by atoms with Gasteiger partial charge in [-0.25, -0.2) is 0 Å². The maximum atomic E-state index is 11.8. The van der Waals surface area contributed by atoms with Gasteiger partial charge in [0.15, 0.2) is 0 Å². The van der Waals surface area contributed by atoms with Gasteiger partial charge in [0, 0.05) is 19.1 Å². The normalized spacial score (nSPS) is 22.7. The minimum absolute atomic E-state index is 0.0411. The molecule has 1 amide bonds. The van der Waals surface area contributed by atoms with Gasteiger partial charge < -0.3 is 14.8 Å². The number of carbonyl (C=O) groups excluding carboxylic acids is 1. The number of nitrogens with one attached hydrogen (secondary N) is 1. The molecule has 15 heavy (non-hydrogen) atoms. The highest BCUT2D eigenvalue weighted by Gasteiger charge is 2.36. The fraction of sp³-hybridized carbons (Fsp3) is 0.909. The molecule has 0 aliphatic carbocycles. The van der Waals surface area contributed by atoms with Crippen molar-refractivity contribution >= 4 is 5.91 Å². The molecule has 1 aliphatic heterocycles. The van der Waals surface area contributed by atoms with E-state index >= 15 is 0 Å². The monoisotopic (exact) mass is 215 g/mol. The summed E-state index contributed by atoms with van der Waals surface area (Å²) in [7, 11) is 1.57. The number of rotatable bonds is 5. The van der Waals surface area contributed by atoms with Gasteiger partial charge in [-0.15, -0.1) is 0 Å². The minimum Gasteiger partial charge on any atom is -0.380 e. The third kappa shape index (κ3) is 2.69. The van der Waals surface area contributed by atoms with Crippen LogP contribution in [0.15, 0.2) is 0 Å². The van der Waals surface area contributed by atoms with Crippen LogP contribution in [0, 0.1) is 5.41 Å². The Bertz CT molecular complexity index is 232. The summed E-state index contributed by atoms with van der Waals surface area (Å²) in [5.74, 6) is -0.0411. The highest BCUT2D eigenvalue weighted by atomic mass is 16.5. The predicted molar refractivity (Wildman–Crippen MR) is 57.6 cm³/mol. The van der Waals surface area contributed by atoms with Crippen molar-refractivity contribution in [3.8, 4) is 0 Å². The molecular formula is C11H21NO3. The second-order valence-electron chi connectivity index (χ2n) is 4.77. The lowest BCUT2D eigenvalue weighted by molar-refractivity contribution is -0.145. The van der Waals surface area contributed by atoms with Gasteiger partial charge in [-0.1, -0.05) is 13.8 Å². The van der Waals surface area contributed by atoms with E-state index in [-0.39, 0.29) is 11.3 Å². The number of ether oxygens (including phenoxy) is 2. The molecule has 1 heterocycles. The Morgan fingerprint density at radius 2 is 2.20 bits per heavy atom. The summed E-state index contributed by atoms with van der Waals surface area (Å²) in [6.45, 7) is 7.96. The highest BCUT2D eigenvalue weighted by molar-refractivity contribution is 5.84. The average molecular weight is 215 g/mol. The van der Waals surface area contributed by atoms with E-state index in [9.17, 15) is 4.79 Å². The van der Waals surface area contributed by atoms with Gasteiger partial charge in [0.1, 0.15) is 5.60 Å². The Morgan fingerprint density at radius 1 is 1.60 bits per heavy atom. The smallest absolute Gasteiger partial charge is 0.251 e. The number of amides is 1. The SMILES string of the molecule is CCC(C)(OC)C(=O)NCC1(C)COC1. The van der Waals surface area contributed by atoms with Gasteiger partial charge in [0.05, 0.1) is 13.2 Å². The number of methoxy groups -OCH3 is 1. The van der Waals surface area contributed by atoms with E-state index in [0.29, 0.717) is 13.0 Å². The molecule has 0 spiro atoms. The van der Waals surface area contributed by atoms with Gasteiger partial charge in [-0.2, -0.15) is 0 Å². The highest BCUT2D eigenvalue weighted by Crippen LogP contribution is 2.25. The first kappa shape index (κ1) is 12.5. The molecule has 4 heteroatoms. The van der Waals surface area contributed by atoms with Crippen molar-refractivity contribution in [3.63, 3.8) is 0 Å². The van der Waals surface area contributed by atoms with Crippen LogP contribution < -0.4 is 5.32 Å². The summed E-state index contributed by atoms with van der Waals surface area (Å²) in [6.07, 6.45) is 0.669. The summed E-state index contributed by atoms with van der Waals surface area (Å²) in [5.41, 5.74) is -0.598. The molecular weight excluding hydrogens is 194 g/mol. The molecule has 1 unspecified atom stereocenters. The van der Waals surface area contributed by atoms with Gasteiger partial charge in [0.2, 0.25) is 0 Å². The molecule has 0 bridgehead atoms. The fourth-order valence-corrected chi connectivity index (χ4v) is 1.43. The van der Waals surface area contributed by atoms with Crippen LogP contribution in [0.25, 0.3) is 0 Å². The first-order chi connectivity index (χ1) is 6.96. The minimum atomic E-state index is -0.707. The lowest BCUT2D eigenvalue weighted by atomic mass is 9.88. The van der Waals surface area contributed by atoms with Crippen molar-refractivity contribution in [1.82, 2.24) is 5.32 Å². The summed E-state index contributed by atoms with van der Waals surface area (Å²) < 4.78 is 10.3. The second kappa shape index (κ2) is 4.49. The molecule has 0 aromatic heterocycles. The quantitative estimate of drug-likeness (QED) is 0.743. The Kier molecular flexibility index (Phi) is 3.73. The van der Waals surface area contributed by atoms with Crippen molar-refractivity contribution in [2.75, 3.05) is 26.9 Å². The van der Waals surface area contributed by atoms with E-state index in [1.54, 1.807) is 7.11 Å². The Morgan fingerprint density at radius 3 is 2.53 bits per heavy atom. The van der Waals surface area contributed by atoms with Crippen molar-refractivity contribution in [2.24, 2.45) is 5.41 Å². The molecule has 1 saturated heterocycles. The summed E-state index contributed by atoms with van der Waals surface area (Å²) >= 11 is 0. The number of hydrogen-bond acceptors (Lipinski definition) is 3. The molecule has 1 atom stereocenters. The van der Waals surface area contributed by atoms with Crippen LogP contribution in [0.4, 0.5) is 0 Å². The Balaban J connectivity index is 2.41. The van der Waals surface area contributed by atoms with E-state index in [1.807, 2.05) is 13.8 Å². The fourth-order valence-electron chi connectivity index (χ4n) is 1.43. The zero-order chi connectivity index (χ0) is 11.5. The van der Waals surface area contributed by atoms with Crippen molar-refractivity contribution in [1.29, 1.82) is 0 Å². The van der Waals surface area contributed by atoms with Gasteiger partial charge in [-0.05, 0) is 13.3 Å². The van der Waals surface area contributed by atoms with Gasteiger partial charge in [-0.3, -0.25) is 4.79 Å². The van der Waals surface area contributed by atoms with E-state index < -0.39 is 5.60 Å². The molecule has 0 aromatic rings. The topological polar surface area (TPSA) is 47.6 Å². The van der Waals surface area contributed by atoms with Crippen LogP contribution in [0.2, 0.25) is 0 Å². The molecule has 1 N–H and O–H groups in total. The van der Waals surface area contributed by atoms with E-state index in [4.69, 9.17) is 9.47 Å². The van der Waals surface area contributed by atoms with Crippen LogP contribution in [0.5, 0.6) is 0 Å². The zero-order valence-electron chi connectivity index (χ0n) is 10.1. The first-order valence-corrected chi connectivity index (χ1v) is 5.37. The summed E-state index contributed by atoms with van der Waals surface area (Å²) in [5, 5.41) is 2.92. The maximum absolute atomic E-state index is 11.8. The average Bonchev–Trinajstić information content (AvgIpc) is 2.21. The second-order valence-corrected chi connectivity index (χ2v) is 4.77. The molecule has 1 fully saturated rings. The Labute approximate surface area is 91.3 Å². The summed E-state index contributed by atoms with van der Waals surface area (Å²) in [6, 6.07) is 0. The van der Waals surface area contributed by atoms with Crippen molar-refractivity contribution < 1.29 is 14.3 Å². The molecule has 0 radical (unpaired) electrons. The Hall–Kier alpha value is -0.610. The summed E-state index contributed by atoms with van der Waals surface area (Å²) in [4.78, 5) is 11.8. The first-order valence-electron chi connectivity index (χ1n) is 5.37. The third-order valence-corrected chi connectivity index (χ3v) is 3.18. The standard InChI is InChI=1S/C11H21NO3/c1-5-11(3,14-4)9(13)12-6-10(2)7-15-8-10/h5-8H2,1-4H3,(H,12,13). The molecule has 0 aromatic carbocycles. The molecule has 4 nitrogen and oxygen atoms in total. The van der Waals surface area contributed by atoms with E-state index in [2.05, 4.69) is 12.2 Å². The van der Waals surface area contributed by atoms with Crippen molar-refractivity contribution in [2.45, 2.75) is 32.8 Å². The lowest BCUT2D eigenvalue weighted by Gasteiger charge is -2.39. The van der Waals surface area contributed by atoms with Crippen LogP contribution >= 0.6 is 0 Å². The van der Waals surface area contributed by atoms with Gasteiger partial charge >= 0.3 is 0 Å². The predicted octanol–water partition coefficient (Wildman–Crippen LogP) is 0.954. The maximum Gasteiger partial charge on any atom is 0.251 e. The van der Waals surface area contributed by atoms with Gasteiger partial charge in [0.25, 0.3) is 5.91 Å². The van der Waals surface area contributed by atoms with Crippen LogP contribution in [-0.2, 0) is 14.3 Å². The molecule has 1 rings (SSSR count). The largest absolute Gasteiger partial charge is 0.380 e.